The van der Waals surface area contributed by atoms with Gasteiger partial charge in [-0.2, -0.15) is 0 Å². The largest absolute Gasteiger partial charge is 0.393 e. The van der Waals surface area contributed by atoms with Crippen LogP contribution in [0.4, 0.5) is 11.6 Å². The van der Waals surface area contributed by atoms with Crippen molar-refractivity contribution in [2.75, 3.05) is 23.7 Å². The fourth-order valence-electron chi connectivity index (χ4n) is 1.92. The minimum Gasteiger partial charge on any atom is -0.393 e. The lowest BCUT2D eigenvalue weighted by Gasteiger charge is -2.31. The van der Waals surface area contributed by atoms with Crippen LogP contribution in [0, 0.1) is 5.92 Å². The van der Waals surface area contributed by atoms with E-state index in [-0.39, 0.29) is 6.10 Å². The molecule has 0 aromatic carbocycles. The van der Waals surface area contributed by atoms with Crippen LogP contribution < -0.4 is 10.6 Å². The summed E-state index contributed by atoms with van der Waals surface area (Å²) in [6.45, 7) is 3.92. The monoisotopic (exact) mass is 236 g/mol. The Kier molecular flexibility index (Phi) is 4.14. The van der Waals surface area contributed by atoms with Gasteiger partial charge < -0.3 is 15.7 Å². The first-order valence-electron chi connectivity index (χ1n) is 6.25. The molecule has 1 fully saturated rings. The molecule has 94 valence electrons. The maximum Gasteiger partial charge on any atom is 0.131 e. The van der Waals surface area contributed by atoms with Crippen LogP contribution in [0.1, 0.15) is 26.2 Å². The molecule has 0 spiro atoms. The molecule has 0 bridgehead atoms. The molecular weight excluding hydrogens is 216 g/mol. The second-order valence-electron chi connectivity index (χ2n) is 4.59. The van der Waals surface area contributed by atoms with Crippen LogP contribution in [-0.2, 0) is 0 Å². The van der Waals surface area contributed by atoms with Gasteiger partial charge in [0.05, 0.1) is 6.10 Å². The predicted molar refractivity (Wildman–Crippen MR) is 68.0 cm³/mol. The SMILES string of the molecule is CCCNc1cc(NCC2CC(O)C2)ncn1. The summed E-state index contributed by atoms with van der Waals surface area (Å²) in [5.41, 5.74) is 0. The highest BCUT2D eigenvalue weighted by atomic mass is 16.3. The molecule has 17 heavy (non-hydrogen) atoms. The zero-order valence-electron chi connectivity index (χ0n) is 10.2. The van der Waals surface area contributed by atoms with Gasteiger partial charge in [0.25, 0.3) is 0 Å². The number of aromatic nitrogens is 2. The molecule has 3 N–H and O–H groups in total. The first kappa shape index (κ1) is 12.1. The predicted octanol–water partition coefficient (Wildman–Crippen LogP) is 1.48. The van der Waals surface area contributed by atoms with E-state index in [1.165, 1.54) is 0 Å². The van der Waals surface area contributed by atoms with Crippen LogP contribution in [-0.4, -0.2) is 34.3 Å². The van der Waals surface area contributed by atoms with E-state index in [9.17, 15) is 5.11 Å². The standard InChI is InChI=1S/C12H20N4O/c1-2-3-13-11-6-12(16-8-15-11)14-7-9-4-10(17)5-9/h6,8-10,17H,2-5,7H2,1H3,(H2,13,14,15,16). The van der Waals surface area contributed by atoms with Gasteiger partial charge in [-0.25, -0.2) is 9.97 Å². The molecule has 0 radical (unpaired) electrons. The highest BCUT2D eigenvalue weighted by Gasteiger charge is 2.26. The highest BCUT2D eigenvalue weighted by molar-refractivity contribution is 5.46. The van der Waals surface area contributed by atoms with Crippen LogP contribution in [0.15, 0.2) is 12.4 Å². The van der Waals surface area contributed by atoms with E-state index in [1.54, 1.807) is 6.33 Å². The molecule has 2 rings (SSSR count). The number of hydrogen-bond donors (Lipinski definition) is 3. The highest BCUT2D eigenvalue weighted by Crippen LogP contribution is 2.27. The summed E-state index contributed by atoms with van der Waals surface area (Å²) in [5, 5.41) is 15.7. The molecule has 0 atom stereocenters. The van der Waals surface area contributed by atoms with Gasteiger partial charge in [-0.3, -0.25) is 0 Å². The average molecular weight is 236 g/mol. The molecule has 0 saturated heterocycles. The number of nitrogens with zero attached hydrogens (tertiary/aromatic N) is 2. The van der Waals surface area contributed by atoms with E-state index in [0.717, 1.165) is 44.0 Å². The molecule has 5 heteroatoms. The number of aliphatic hydroxyl groups excluding tert-OH is 1. The fourth-order valence-corrected chi connectivity index (χ4v) is 1.92. The fraction of sp³-hybridized carbons (Fsp3) is 0.667. The molecule has 1 saturated carbocycles. The van der Waals surface area contributed by atoms with Crippen LogP contribution in [0.5, 0.6) is 0 Å². The number of nitrogens with one attached hydrogen (secondary N) is 2. The van der Waals surface area contributed by atoms with Crippen LogP contribution >= 0.6 is 0 Å². The van der Waals surface area contributed by atoms with Crippen molar-refractivity contribution in [3.8, 4) is 0 Å². The summed E-state index contributed by atoms with van der Waals surface area (Å²) in [5.74, 6) is 2.28. The Bertz CT molecular complexity index is 352. The van der Waals surface area contributed by atoms with Gasteiger partial charge in [0, 0.05) is 19.2 Å². The quantitative estimate of drug-likeness (QED) is 0.698. The Morgan fingerprint density at radius 1 is 1.29 bits per heavy atom. The summed E-state index contributed by atoms with van der Waals surface area (Å²) >= 11 is 0. The molecule has 1 aromatic rings. The van der Waals surface area contributed by atoms with Crippen molar-refractivity contribution < 1.29 is 5.11 Å². The number of hydrogen-bond acceptors (Lipinski definition) is 5. The summed E-state index contributed by atoms with van der Waals surface area (Å²) in [6, 6.07) is 1.92. The number of aliphatic hydroxyl groups is 1. The summed E-state index contributed by atoms with van der Waals surface area (Å²) in [6.07, 6.45) is 4.36. The van der Waals surface area contributed by atoms with Gasteiger partial charge in [-0.05, 0) is 25.2 Å². The molecule has 5 nitrogen and oxygen atoms in total. The maximum atomic E-state index is 9.19. The lowest BCUT2D eigenvalue weighted by molar-refractivity contribution is 0.0486. The minimum atomic E-state index is -0.0889. The molecular formula is C12H20N4O. The Balaban J connectivity index is 1.79. The van der Waals surface area contributed by atoms with E-state index in [0.29, 0.717) is 5.92 Å². The number of rotatable bonds is 6. The molecule has 1 aromatic heterocycles. The number of anilines is 2. The Morgan fingerprint density at radius 2 is 2.00 bits per heavy atom. The van der Waals surface area contributed by atoms with Gasteiger partial charge in [0.2, 0.25) is 0 Å². The van der Waals surface area contributed by atoms with E-state index in [2.05, 4.69) is 27.5 Å². The molecule has 1 heterocycles. The third-order valence-corrected chi connectivity index (χ3v) is 3.01. The molecule has 1 aliphatic carbocycles. The molecule has 0 amide bonds. The van der Waals surface area contributed by atoms with Crippen molar-refractivity contribution in [2.24, 2.45) is 5.92 Å². The van der Waals surface area contributed by atoms with E-state index in [4.69, 9.17) is 0 Å². The van der Waals surface area contributed by atoms with Crippen molar-refractivity contribution in [1.29, 1.82) is 0 Å². The van der Waals surface area contributed by atoms with Crippen LogP contribution in [0.3, 0.4) is 0 Å². The second-order valence-corrected chi connectivity index (χ2v) is 4.59. The normalized spacial score (nSPS) is 22.9. The van der Waals surface area contributed by atoms with E-state index >= 15 is 0 Å². The van der Waals surface area contributed by atoms with Gasteiger partial charge in [-0.1, -0.05) is 6.92 Å². The summed E-state index contributed by atoms with van der Waals surface area (Å²) in [7, 11) is 0. The van der Waals surface area contributed by atoms with Gasteiger partial charge in [-0.15, -0.1) is 0 Å². The second kappa shape index (κ2) is 5.82. The first-order chi connectivity index (χ1) is 8.28. The first-order valence-corrected chi connectivity index (χ1v) is 6.25. The van der Waals surface area contributed by atoms with Gasteiger partial charge >= 0.3 is 0 Å². The lowest BCUT2D eigenvalue weighted by atomic mass is 9.82. The molecule has 0 aliphatic heterocycles. The van der Waals surface area contributed by atoms with Crippen LogP contribution in [0.2, 0.25) is 0 Å². The van der Waals surface area contributed by atoms with Crippen molar-refractivity contribution >= 4 is 11.6 Å². The van der Waals surface area contributed by atoms with Crippen molar-refractivity contribution in [3.05, 3.63) is 12.4 Å². The van der Waals surface area contributed by atoms with Gasteiger partial charge in [0.1, 0.15) is 18.0 Å². The minimum absolute atomic E-state index is 0.0889. The Morgan fingerprint density at radius 3 is 2.65 bits per heavy atom. The van der Waals surface area contributed by atoms with Crippen molar-refractivity contribution in [2.45, 2.75) is 32.3 Å². The maximum absolute atomic E-state index is 9.19. The molecule has 1 aliphatic rings. The zero-order chi connectivity index (χ0) is 12.1. The van der Waals surface area contributed by atoms with Crippen molar-refractivity contribution in [3.63, 3.8) is 0 Å². The van der Waals surface area contributed by atoms with Crippen LogP contribution in [0.25, 0.3) is 0 Å². The van der Waals surface area contributed by atoms with E-state index in [1.807, 2.05) is 6.07 Å². The molecule has 0 unspecified atom stereocenters. The van der Waals surface area contributed by atoms with Gasteiger partial charge in [0.15, 0.2) is 0 Å². The third kappa shape index (κ3) is 3.56. The average Bonchev–Trinajstić information content (AvgIpc) is 2.31. The Hall–Kier alpha value is -1.36. The third-order valence-electron chi connectivity index (χ3n) is 3.01. The summed E-state index contributed by atoms with van der Waals surface area (Å²) in [4.78, 5) is 8.32. The Labute approximate surface area is 102 Å². The van der Waals surface area contributed by atoms with E-state index < -0.39 is 0 Å². The summed E-state index contributed by atoms with van der Waals surface area (Å²) < 4.78 is 0. The zero-order valence-corrected chi connectivity index (χ0v) is 10.2. The smallest absolute Gasteiger partial charge is 0.131 e. The van der Waals surface area contributed by atoms with Crippen molar-refractivity contribution in [1.82, 2.24) is 9.97 Å². The lowest BCUT2D eigenvalue weighted by Crippen LogP contribution is -2.33. The topological polar surface area (TPSA) is 70.1 Å².